The van der Waals surface area contributed by atoms with Crippen LogP contribution >= 0.6 is 0 Å². The number of nitrogens with zero attached hydrogens (tertiary/aromatic N) is 6. The summed E-state index contributed by atoms with van der Waals surface area (Å²) in [7, 11) is 0. The topological polar surface area (TPSA) is 77.3 Å². The first-order valence-electron chi connectivity index (χ1n) is 11.1. The summed E-state index contributed by atoms with van der Waals surface area (Å²) in [5.74, 6) is 2.16. The third kappa shape index (κ3) is 8.93. The van der Waals surface area contributed by atoms with Crippen LogP contribution in [0.15, 0.2) is 128 Å². The van der Waals surface area contributed by atoms with E-state index in [0.29, 0.717) is 0 Å². The fourth-order valence-corrected chi connectivity index (χ4v) is 2.91. The Hall–Kier alpha value is -4.45. The van der Waals surface area contributed by atoms with Crippen LogP contribution in [0.3, 0.4) is 0 Å². The van der Waals surface area contributed by atoms with E-state index in [1.165, 1.54) is 0 Å². The molecule has 3 aromatic carbocycles. The van der Waals surface area contributed by atoms with E-state index in [4.69, 9.17) is 0 Å². The van der Waals surface area contributed by atoms with Gasteiger partial charge in [0.1, 0.15) is 0 Å². The normalized spacial score (nSPS) is 9.41. The van der Waals surface area contributed by atoms with E-state index in [0.717, 1.165) is 34.2 Å². The van der Waals surface area contributed by atoms with Crippen LogP contribution in [0.25, 0.3) is 34.2 Å². The monoisotopic (exact) mass is 658 g/mol. The van der Waals surface area contributed by atoms with Crippen LogP contribution in [0.5, 0.6) is 0 Å². The minimum absolute atomic E-state index is 0. The summed E-state index contributed by atoms with van der Waals surface area (Å²) in [6.07, 6.45) is 10.4. The first-order chi connectivity index (χ1) is 17.9. The van der Waals surface area contributed by atoms with E-state index in [1.54, 1.807) is 55.4 Å². The third-order valence-electron chi connectivity index (χ3n) is 4.55. The molecule has 6 aromatic rings. The van der Waals surface area contributed by atoms with Gasteiger partial charge < -0.3 is 0 Å². The molecule has 6 nitrogen and oxygen atoms in total. The molecule has 3 heterocycles. The van der Waals surface area contributed by atoms with Gasteiger partial charge in [-0.2, -0.15) is 0 Å². The predicted molar refractivity (Wildman–Crippen MR) is 139 cm³/mol. The first kappa shape index (κ1) is 27.1. The third-order valence-corrected chi connectivity index (χ3v) is 4.55. The van der Waals surface area contributed by atoms with Crippen molar-refractivity contribution < 1.29 is 20.1 Å². The molecule has 0 aliphatic rings. The van der Waals surface area contributed by atoms with Gasteiger partial charge in [0, 0.05) is 37.2 Å². The maximum atomic E-state index is 4.11. The van der Waals surface area contributed by atoms with Gasteiger partial charge in [-0.05, 0) is 18.2 Å². The van der Waals surface area contributed by atoms with Crippen LogP contribution in [-0.2, 0) is 20.1 Å². The number of rotatable bonds is 3. The summed E-state index contributed by atoms with van der Waals surface area (Å²) in [4.78, 5) is 24.6. The zero-order valence-corrected chi connectivity index (χ0v) is 22.0. The predicted octanol–water partition coefficient (Wildman–Crippen LogP) is 5.83. The van der Waals surface area contributed by atoms with Crippen molar-refractivity contribution in [3.63, 3.8) is 0 Å². The van der Waals surface area contributed by atoms with Crippen LogP contribution in [0.1, 0.15) is 0 Å². The van der Waals surface area contributed by atoms with Gasteiger partial charge in [0.25, 0.3) is 0 Å². The Balaban J connectivity index is 0.000000152. The molecular weight excluding hydrogens is 637 g/mol. The molecule has 0 amide bonds. The van der Waals surface area contributed by atoms with Crippen LogP contribution in [0.4, 0.5) is 0 Å². The van der Waals surface area contributed by atoms with Crippen molar-refractivity contribution in [2.75, 3.05) is 0 Å². The Morgan fingerprint density at radius 3 is 0.838 bits per heavy atom. The second-order valence-electron chi connectivity index (χ2n) is 7.05. The Kier molecular flexibility index (Phi) is 11.4. The molecule has 0 saturated heterocycles. The number of hydrogen-bond acceptors (Lipinski definition) is 6. The molecule has 180 valence electrons. The minimum atomic E-state index is 0. The van der Waals surface area contributed by atoms with Gasteiger partial charge in [0.05, 0.1) is 17.5 Å². The van der Waals surface area contributed by atoms with Crippen molar-refractivity contribution >= 4 is 0 Å². The Bertz CT molecular complexity index is 1100. The van der Waals surface area contributed by atoms with E-state index < -0.39 is 0 Å². The molecule has 0 N–H and O–H groups in total. The van der Waals surface area contributed by atoms with Gasteiger partial charge in [-0.25, -0.2) is 0 Å². The summed E-state index contributed by atoms with van der Waals surface area (Å²) in [5.41, 5.74) is 2.79. The van der Waals surface area contributed by atoms with Crippen LogP contribution < -0.4 is 0 Å². The smallest absolute Gasteiger partial charge is 0.285 e. The number of benzene rings is 3. The van der Waals surface area contributed by atoms with E-state index in [-0.39, 0.29) is 20.1 Å². The Morgan fingerprint density at radius 1 is 0.351 bits per heavy atom. The molecule has 0 atom stereocenters. The summed E-state index contributed by atoms with van der Waals surface area (Å²) >= 11 is 0. The minimum Gasteiger partial charge on any atom is -0.285 e. The van der Waals surface area contributed by atoms with Crippen molar-refractivity contribution in [1.82, 2.24) is 29.9 Å². The largest absolute Gasteiger partial charge is 3.00 e. The zero-order chi connectivity index (χ0) is 24.7. The molecule has 0 spiro atoms. The summed E-state index contributed by atoms with van der Waals surface area (Å²) < 4.78 is 0. The fraction of sp³-hybridized carbons (Fsp3) is 0. The molecular formula is C30H21IrN6. The Morgan fingerprint density at radius 2 is 0.622 bits per heavy atom. The van der Waals surface area contributed by atoms with E-state index in [1.807, 2.05) is 72.8 Å². The molecule has 7 heteroatoms. The molecule has 0 unspecified atom stereocenters. The van der Waals surface area contributed by atoms with Crippen LogP contribution in [-0.4, -0.2) is 29.9 Å². The van der Waals surface area contributed by atoms with E-state index in [2.05, 4.69) is 48.1 Å². The molecule has 3 aromatic heterocycles. The van der Waals surface area contributed by atoms with Gasteiger partial charge in [0.2, 0.25) is 0 Å². The van der Waals surface area contributed by atoms with Gasteiger partial charge in [-0.3, -0.25) is 29.9 Å². The molecule has 0 radical (unpaired) electrons. The van der Waals surface area contributed by atoms with Gasteiger partial charge in [0.15, 0.2) is 0 Å². The molecule has 0 aliphatic carbocycles. The maximum Gasteiger partial charge on any atom is 3.00 e. The molecule has 0 fully saturated rings. The van der Waals surface area contributed by atoms with Crippen molar-refractivity contribution in [1.29, 1.82) is 0 Å². The van der Waals surface area contributed by atoms with Gasteiger partial charge in [-0.15, -0.1) is 108 Å². The molecule has 0 bridgehead atoms. The number of aromatic nitrogens is 6. The van der Waals surface area contributed by atoms with Crippen LogP contribution in [0.2, 0.25) is 0 Å². The van der Waals surface area contributed by atoms with E-state index >= 15 is 0 Å². The van der Waals surface area contributed by atoms with Crippen molar-refractivity contribution in [3.8, 4) is 34.2 Å². The first-order valence-corrected chi connectivity index (χ1v) is 11.1. The van der Waals surface area contributed by atoms with E-state index in [9.17, 15) is 0 Å². The Labute approximate surface area is 230 Å². The maximum absolute atomic E-state index is 4.11. The summed E-state index contributed by atoms with van der Waals surface area (Å²) in [5, 5.41) is 0. The second kappa shape index (κ2) is 15.5. The standard InChI is InChI=1S/3C10H7N2.Ir/c3*1-2-5-9(6-3-1)10-11-7-4-8-12-10;/h3*1-5,7-8H;/q3*-1;+3. The molecule has 0 saturated carbocycles. The average Bonchev–Trinajstić information content (AvgIpc) is 3.01. The SMILES string of the molecule is [Ir+3].[c-]1ccccc1-c1ncccn1.[c-]1ccccc1-c1ncccn1.[c-]1ccccc1-c1ncccn1. The van der Waals surface area contributed by atoms with Crippen molar-refractivity contribution in [2.24, 2.45) is 0 Å². The zero-order valence-electron chi connectivity index (χ0n) is 19.6. The fourth-order valence-electron chi connectivity index (χ4n) is 2.91. The van der Waals surface area contributed by atoms with Gasteiger partial charge >= 0.3 is 20.1 Å². The van der Waals surface area contributed by atoms with Crippen molar-refractivity contribution in [2.45, 2.75) is 0 Å². The number of hydrogen-bond donors (Lipinski definition) is 0. The van der Waals surface area contributed by atoms with Gasteiger partial charge in [-0.1, -0.05) is 0 Å². The van der Waals surface area contributed by atoms with Crippen molar-refractivity contribution in [3.05, 3.63) is 146 Å². The second-order valence-corrected chi connectivity index (χ2v) is 7.05. The summed E-state index contributed by atoms with van der Waals surface area (Å²) in [6, 6.07) is 37.6. The van der Waals surface area contributed by atoms with Crippen LogP contribution in [0, 0.1) is 18.2 Å². The molecule has 37 heavy (non-hydrogen) atoms. The quantitative estimate of drug-likeness (QED) is 0.223. The average molecular weight is 658 g/mol. The molecule has 0 aliphatic heterocycles. The molecule has 6 rings (SSSR count). The summed E-state index contributed by atoms with van der Waals surface area (Å²) in [6.45, 7) is 0.